The number of hydrogen-bond donors (Lipinski definition) is 1. The molecule has 31 heavy (non-hydrogen) atoms. The first-order valence-corrected chi connectivity index (χ1v) is 11.5. The Morgan fingerprint density at radius 3 is 2.29 bits per heavy atom. The van der Waals surface area contributed by atoms with Gasteiger partial charge in [-0.05, 0) is 68.0 Å². The van der Waals surface area contributed by atoms with E-state index in [9.17, 15) is 9.59 Å². The fourth-order valence-corrected chi connectivity index (χ4v) is 3.85. The number of carbonyl (C=O) groups excluding carboxylic acids is 2. The van der Waals surface area contributed by atoms with E-state index >= 15 is 0 Å². The minimum absolute atomic E-state index is 0.0392. The summed E-state index contributed by atoms with van der Waals surface area (Å²) in [6.07, 6.45) is 1.55. The molecule has 168 valence electrons. The van der Waals surface area contributed by atoms with Crippen LogP contribution >= 0.6 is 23.2 Å². The molecule has 0 radical (unpaired) electrons. The summed E-state index contributed by atoms with van der Waals surface area (Å²) in [6, 6.07) is 10.7. The Bertz CT molecular complexity index is 930. The molecule has 0 saturated heterocycles. The Morgan fingerprint density at radius 2 is 1.71 bits per heavy atom. The maximum absolute atomic E-state index is 13.4. The van der Waals surface area contributed by atoms with Gasteiger partial charge in [0.15, 0.2) is 0 Å². The van der Waals surface area contributed by atoms with Crippen LogP contribution in [-0.2, 0) is 22.6 Å². The summed E-state index contributed by atoms with van der Waals surface area (Å²) in [5.74, 6) is -0.254. The van der Waals surface area contributed by atoms with Gasteiger partial charge in [-0.25, -0.2) is 0 Å². The van der Waals surface area contributed by atoms with E-state index in [1.807, 2.05) is 52.8 Å². The Morgan fingerprint density at radius 1 is 1.00 bits per heavy atom. The predicted octanol–water partition coefficient (Wildman–Crippen LogP) is 5.87. The third-order valence-electron chi connectivity index (χ3n) is 5.67. The van der Waals surface area contributed by atoms with Crippen molar-refractivity contribution < 1.29 is 9.59 Å². The van der Waals surface area contributed by atoms with Crippen LogP contribution in [0, 0.1) is 13.8 Å². The lowest BCUT2D eigenvalue weighted by atomic mass is 10.0. The topological polar surface area (TPSA) is 49.4 Å². The molecule has 0 saturated carbocycles. The SMILES string of the molecule is CC[C@H](C(=O)N[C@@H](C)CC)N(Cc1ccc(Cl)cc1Cl)C(=O)Cc1ccc(C)c(C)c1. The average Bonchev–Trinajstić information content (AvgIpc) is 2.71. The van der Waals surface area contributed by atoms with Crippen molar-refractivity contribution in [1.29, 1.82) is 0 Å². The molecule has 0 aromatic heterocycles. The van der Waals surface area contributed by atoms with Crippen LogP contribution in [-0.4, -0.2) is 28.8 Å². The number of nitrogens with one attached hydrogen (secondary N) is 1. The summed E-state index contributed by atoms with van der Waals surface area (Å²) in [5, 5.41) is 4.03. The monoisotopic (exact) mass is 462 g/mol. The normalized spacial score (nSPS) is 12.9. The molecule has 2 amide bonds. The van der Waals surface area contributed by atoms with E-state index in [-0.39, 0.29) is 30.8 Å². The number of rotatable bonds is 9. The van der Waals surface area contributed by atoms with Crippen LogP contribution in [0.1, 0.15) is 55.9 Å². The highest BCUT2D eigenvalue weighted by Gasteiger charge is 2.29. The third kappa shape index (κ3) is 6.98. The van der Waals surface area contributed by atoms with Gasteiger partial charge in [0, 0.05) is 22.6 Å². The first-order chi connectivity index (χ1) is 14.7. The molecule has 0 fully saturated rings. The predicted molar refractivity (Wildman–Crippen MR) is 129 cm³/mol. The molecule has 0 aliphatic carbocycles. The van der Waals surface area contributed by atoms with Gasteiger partial charge in [0.2, 0.25) is 11.8 Å². The van der Waals surface area contributed by atoms with Gasteiger partial charge in [0.25, 0.3) is 0 Å². The summed E-state index contributed by atoms with van der Waals surface area (Å²) in [5.41, 5.74) is 4.01. The van der Waals surface area contributed by atoms with Crippen molar-refractivity contribution in [3.63, 3.8) is 0 Å². The number of benzene rings is 2. The molecule has 0 unspecified atom stereocenters. The van der Waals surface area contributed by atoms with Crippen LogP contribution < -0.4 is 5.32 Å². The van der Waals surface area contributed by atoms with E-state index in [4.69, 9.17) is 23.2 Å². The number of amides is 2. The van der Waals surface area contributed by atoms with E-state index < -0.39 is 6.04 Å². The Balaban J connectivity index is 2.35. The highest BCUT2D eigenvalue weighted by molar-refractivity contribution is 6.35. The summed E-state index contributed by atoms with van der Waals surface area (Å²) >= 11 is 12.4. The van der Waals surface area contributed by atoms with Gasteiger partial charge >= 0.3 is 0 Å². The largest absolute Gasteiger partial charge is 0.352 e. The van der Waals surface area contributed by atoms with Crippen molar-refractivity contribution in [2.75, 3.05) is 0 Å². The number of hydrogen-bond acceptors (Lipinski definition) is 2. The lowest BCUT2D eigenvalue weighted by molar-refractivity contribution is -0.141. The average molecular weight is 463 g/mol. The summed E-state index contributed by atoms with van der Waals surface area (Å²) in [6.45, 7) is 10.2. The quantitative estimate of drug-likeness (QED) is 0.505. The van der Waals surface area contributed by atoms with E-state index in [1.54, 1.807) is 23.1 Å². The molecule has 2 atom stereocenters. The fourth-order valence-electron chi connectivity index (χ4n) is 3.38. The van der Waals surface area contributed by atoms with E-state index in [2.05, 4.69) is 5.32 Å². The van der Waals surface area contributed by atoms with Crippen LogP contribution in [0.15, 0.2) is 36.4 Å². The van der Waals surface area contributed by atoms with Gasteiger partial charge in [-0.2, -0.15) is 0 Å². The number of nitrogens with zero attached hydrogens (tertiary/aromatic N) is 1. The van der Waals surface area contributed by atoms with Crippen molar-refractivity contribution >= 4 is 35.0 Å². The van der Waals surface area contributed by atoms with E-state index in [1.165, 1.54) is 5.56 Å². The van der Waals surface area contributed by atoms with Crippen LogP contribution in [0.5, 0.6) is 0 Å². The standard InChI is InChI=1S/C25H32Cl2N2O2/c1-6-18(5)28-25(31)23(7-2)29(15-20-10-11-21(26)14-22(20)27)24(30)13-19-9-8-16(3)17(4)12-19/h8-12,14,18,23H,6-7,13,15H2,1-5H3,(H,28,31)/t18-,23+/m0/s1. The van der Waals surface area contributed by atoms with E-state index in [0.717, 1.165) is 23.1 Å². The fraction of sp³-hybridized carbons (Fsp3) is 0.440. The van der Waals surface area contributed by atoms with Gasteiger partial charge in [-0.15, -0.1) is 0 Å². The zero-order chi connectivity index (χ0) is 23.1. The Kier molecular flexibility index (Phi) is 9.39. The second-order valence-corrected chi connectivity index (χ2v) is 8.94. The molecule has 0 bridgehead atoms. The molecule has 2 rings (SSSR count). The summed E-state index contributed by atoms with van der Waals surface area (Å²) < 4.78 is 0. The van der Waals surface area contributed by atoms with Crippen molar-refractivity contribution in [2.45, 2.75) is 72.5 Å². The Labute approximate surface area is 195 Å². The highest BCUT2D eigenvalue weighted by atomic mass is 35.5. The van der Waals surface area contributed by atoms with Crippen LogP contribution in [0.25, 0.3) is 0 Å². The smallest absolute Gasteiger partial charge is 0.243 e. The molecule has 0 aliphatic rings. The molecular formula is C25H32Cl2N2O2. The van der Waals surface area contributed by atoms with Gasteiger partial charge < -0.3 is 10.2 Å². The molecule has 1 N–H and O–H groups in total. The zero-order valence-corrected chi connectivity index (χ0v) is 20.5. The second-order valence-electron chi connectivity index (χ2n) is 8.09. The number of aryl methyl sites for hydroxylation is 2. The third-order valence-corrected chi connectivity index (χ3v) is 6.26. The maximum Gasteiger partial charge on any atom is 0.243 e. The summed E-state index contributed by atoms with van der Waals surface area (Å²) in [4.78, 5) is 28.1. The van der Waals surface area contributed by atoms with Gasteiger partial charge in [-0.1, -0.05) is 61.3 Å². The van der Waals surface area contributed by atoms with Crippen LogP contribution in [0.2, 0.25) is 10.0 Å². The maximum atomic E-state index is 13.4. The molecule has 4 nitrogen and oxygen atoms in total. The molecule has 0 aliphatic heterocycles. The van der Waals surface area contributed by atoms with Crippen LogP contribution in [0.4, 0.5) is 0 Å². The first kappa shape index (κ1) is 25.2. The van der Waals surface area contributed by atoms with Crippen molar-refractivity contribution in [1.82, 2.24) is 10.2 Å². The van der Waals surface area contributed by atoms with Gasteiger partial charge in [0.05, 0.1) is 6.42 Å². The lowest BCUT2D eigenvalue weighted by Crippen LogP contribution is -2.51. The minimum Gasteiger partial charge on any atom is -0.352 e. The zero-order valence-electron chi connectivity index (χ0n) is 19.0. The molecule has 2 aromatic carbocycles. The van der Waals surface area contributed by atoms with Crippen LogP contribution in [0.3, 0.4) is 0 Å². The molecule has 6 heteroatoms. The van der Waals surface area contributed by atoms with Crippen molar-refractivity contribution in [3.8, 4) is 0 Å². The van der Waals surface area contributed by atoms with Gasteiger partial charge in [-0.3, -0.25) is 9.59 Å². The summed E-state index contributed by atoms with van der Waals surface area (Å²) in [7, 11) is 0. The first-order valence-electron chi connectivity index (χ1n) is 10.8. The Hall–Kier alpha value is -2.04. The number of carbonyl (C=O) groups is 2. The minimum atomic E-state index is -0.584. The molecular weight excluding hydrogens is 431 g/mol. The molecule has 0 spiro atoms. The second kappa shape index (κ2) is 11.5. The van der Waals surface area contributed by atoms with Gasteiger partial charge in [0.1, 0.15) is 6.04 Å². The lowest BCUT2D eigenvalue weighted by Gasteiger charge is -2.32. The van der Waals surface area contributed by atoms with E-state index in [0.29, 0.717) is 16.5 Å². The highest BCUT2D eigenvalue weighted by Crippen LogP contribution is 2.24. The number of halogens is 2. The molecule has 0 heterocycles. The van der Waals surface area contributed by atoms with Crippen molar-refractivity contribution in [2.24, 2.45) is 0 Å². The van der Waals surface area contributed by atoms with Crippen molar-refractivity contribution in [3.05, 3.63) is 68.7 Å². The molecule has 2 aromatic rings.